The van der Waals surface area contributed by atoms with Gasteiger partial charge in [0.25, 0.3) is 0 Å². The van der Waals surface area contributed by atoms with Gasteiger partial charge in [-0.15, -0.1) is 0 Å². The van der Waals surface area contributed by atoms with Crippen LogP contribution in [0.2, 0.25) is 0 Å². The standard InChI is InChI=1S/C8H16N2/c1-3-8-6(2)10-4-7(5-10)9-8/h6-9H,3-5H2,1-2H3. The highest BCUT2D eigenvalue weighted by molar-refractivity contribution is 5.00. The first kappa shape index (κ1) is 6.62. The molecule has 0 aromatic rings. The molecule has 0 saturated carbocycles. The van der Waals surface area contributed by atoms with Crippen LogP contribution in [0.1, 0.15) is 20.3 Å². The van der Waals surface area contributed by atoms with Gasteiger partial charge in [0.15, 0.2) is 0 Å². The Morgan fingerprint density at radius 3 is 2.60 bits per heavy atom. The van der Waals surface area contributed by atoms with Gasteiger partial charge in [-0.2, -0.15) is 0 Å². The number of hydrogen-bond acceptors (Lipinski definition) is 2. The summed E-state index contributed by atoms with van der Waals surface area (Å²) in [6.45, 7) is 7.17. The van der Waals surface area contributed by atoms with E-state index in [1.54, 1.807) is 0 Å². The summed E-state index contributed by atoms with van der Waals surface area (Å²) in [7, 11) is 0. The molecule has 0 radical (unpaired) electrons. The first-order valence-corrected chi connectivity index (χ1v) is 4.31. The largest absolute Gasteiger partial charge is 0.307 e. The fraction of sp³-hybridized carbons (Fsp3) is 1.00. The van der Waals surface area contributed by atoms with Crippen LogP contribution in [0.3, 0.4) is 0 Å². The molecule has 0 aliphatic carbocycles. The third-order valence-electron chi connectivity index (χ3n) is 2.96. The molecule has 3 fully saturated rings. The maximum atomic E-state index is 3.64. The Morgan fingerprint density at radius 2 is 2.20 bits per heavy atom. The van der Waals surface area contributed by atoms with Crippen molar-refractivity contribution in [1.82, 2.24) is 10.2 Å². The Bertz CT molecular complexity index is 129. The van der Waals surface area contributed by atoms with Crippen molar-refractivity contribution in [2.75, 3.05) is 13.1 Å². The van der Waals surface area contributed by atoms with Gasteiger partial charge < -0.3 is 5.32 Å². The number of piperazine rings is 2. The molecule has 3 aliphatic heterocycles. The Morgan fingerprint density at radius 1 is 1.50 bits per heavy atom. The second-order valence-electron chi connectivity index (χ2n) is 3.57. The summed E-state index contributed by atoms with van der Waals surface area (Å²) in [5.41, 5.74) is 0. The average molecular weight is 140 g/mol. The number of hydrogen-bond donors (Lipinski definition) is 1. The van der Waals surface area contributed by atoms with Crippen LogP contribution in [0.4, 0.5) is 0 Å². The van der Waals surface area contributed by atoms with E-state index in [4.69, 9.17) is 0 Å². The predicted octanol–water partition coefficient (Wildman–Crippen LogP) is 0.441. The highest BCUT2D eigenvalue weighted by atomic mass is 15.3. The summed E-state index contributed by atoms with van der Waals surface area (Å²) in [5, 5.41) is 3.64. The third-order valence-corrected chi connectivity index (χ3v) is 2.96. The Kier molecular flexibility index (Phi) is 1.46. The molecule has 3 rings (SSSR count). The molecule has 0 spiro atoms. The first-order valence-electron chi connectivity index (χ1n) is 4.31. The summed E-state index contributed by atoms with van der Waals surface area (Å²) >= 11 is 0. The molecule has 2 heteroatoms. The molecule has 3 saturated heterocycles. The Hall–Kier alpha value is -0.0800. The zero-order valence-corrected chi connectivity index (χ0v) is 6.80. The average Bonchev–Trinajstić information content (AvgIpc) is 1.85. The third kappa shape index (κ3) is 0.789. The topological polar surface area (TPSA) is 15.3 Å². The molecule has 2 atom stereocenters. The van der Waals surface area contributed by atoms with Crippen LogP contribution in [0.25, 0.3) is 0 Å². The van der Waals surface area contributed by atoms with Gasteiger partial charge in [0, 0.05) is 31.2 Å². The van der Waals surface area contributed by atoms with E-state index >= 15 is 0 Å². The van der Waals surface area contributed by atoms with Crippen molar-refractivity contribution < 1.29 is 0 Å². The van der Waals surface area contributed by atoms with Crippen LogP contribution >= 0.6 is 0 Å². The fourth-order valence-electron chi connectivity index (χ4n) is 2.11. The highest BCUT2D eigenvalue weighted by Crippen LogP contribution is 2.22. The predicted molar refractivity (Wildman–Crippen MR) is 42.0 cm³/mol. The van der Waals surface area contributed by atoms with E-state index in [-0.39, 0.29) is 0 Å². The molecule has 0 amide bonds. The van der Waals surface area contributed by atoms with E-state index in [9.17, 15) is 0 Å². The van der Waals surface area contributed by atoms with Crippen LogP contribution < -0.4 is 5.32 Å². The summed E-state index contributed by atoms with van der Waals surface area (Å²) in [4.78, 5) is 2.56. The zero-order valence-electron chi connectivity index (χ0n) is 6.80. The van der Waals surface area contributed by atoms with Crippen LogP contribution in [-0.2, 0) is 0 Å². The van der Waals surface area contributed by atoms with Crippen molar-refractivity contribution in [2.45, 2.75) is 38.4 Å². The Labute approximate surface area is 62.6 Å². The maximum absolute atomic E-state index is 3.64. The molecule has 1 N–H and O–H groups in total. The zero-order chi connectivity index (χ0) is 7.14. The van der Waals surface area contributed by atoms with E-state index < -0.39 is 0 Å². The van der Waals surface area contributed by atoms with Crippen LogP contribution in [0.15, 0.2) is 0 Å². The quantitative estimate of drug-likeness (QED) is 0.568. The maximum Gasteiger partial charge on any atom is 0.0325 e. The van der Waals surface area contributed by atoms with Crippen LogP contribution in [-0.4, -0.2) is 36.1 Å². The molecule has 2 bridgehead atoms. The second-order valence-corrected chi connectivity index (χ2v) is 3.57. The molecule has 2 nitrogen and oxygen atoms in total. The van der Waals surface area contributed by atoms with E-state index in [2.05, 4.69) is 24.1 Å². The number of rotatable bonds is 1. The molecular formula is C8H16N2. The van der Waals surface area contributed by atoms with E-state index in [1.807, 2.05) is 0 Å². The monoisotopic (exact) mass is 140 g/mol. The number of fused-ring (bicyclic) bond motifs is 2. The van der Waals surface area contributed by atoms with Gasteiger partial charge in [-0.3, -0.25) is 4.90 Å². The van der Waals surface area contributed by atoms with Crippen LogP contribution in [0.5, 0.6) is 0 Å². The van der Waals surface area contributed by atoms with Gasteiger partial charge in [0.05, 0.1) is 0 Å². The Balaban J connectivity index is 1.99. The minimum absolute atomic E-state index is 0.757. The SMILES string of the molecule is CCC1NC2CN(C2)C1C. The van der Waals surface area contributed by atoms with Crippen molar-refractivity contribution in [3.8, 4) is 0 Å². The van der Waals surface area contributed by atoms with Crippen molar-refractivity contribution in [2.24, 2.45) is 0 Å². The molecule has 3 heterocycles. The molecule has 10 heavy (non-hydrogen) atoms. The van der Waals surface area contributed by atoms with Crippen molar-refractivity contribution >= 4 is 0 Å². The van der Waals surface area contributed by atoms with E-state index in [1.165, 1.54) is 19.5 Å². The summed E-state index contributed by atoms with van der Waals surface area (Å²) in [6, 6.07) is 2.35. The molecular weight excluding hydrogens is 124 g/mol. The fourth-order valence-corrected chi connectivity index (χ4v) is 2.11. The van der Waals surface area contributed by atoms with Gasteiger partial charge in [-0.05, 0) is 13.3 Å². The molecule has 3 aliphatic rings. The minimum Gasteiger partial charge on any atom is -0.307 e. The molecule has 0 aromatic carbocycles. The molecule has 2 unspecified atom stereocenters. The molecule has 58 valence electrons. The van der Waals surface area contributed by atoms with Gasteiger partial charge in [0.1, 0.15) is 0 Å². The van der Waals surface area contributed by atoms with Crippen molar-refractivity contribution in [3.05, 3.63) is 0 Å². The van der Waals surface area contributed by atoms with E-state index in [0.29, 0.717) is 0 Å². The van der Waals surface area contributed by atoms with E-state index in [0.717, 1.165) is 18.1 Å². The van der Waals surface area contributed by atoms with Gasteiger partial charge >= 0.3 is 0 Å². The number of nitrogens with zero attached hydrogens (tertiary/aromatic N) is 1. The lowest BCUT2D eigenvalue weighted by Crippen LogP contribution is -2.72. The first-order chi connectivity index (χ1) is 4.81. The summed E-state index contributed by atoms with van der Waals surface area (Å²) in [5.74, 6) is 0. The second kappa shape index (κ2) is 2.21. The normalized spacial score (nSPS) is 52.2. The van der Waals surface area contributed by atoms with Crippen molar-refractivity contribution in [3.63, 3.8) is 0 Å². The van der Waals surface area contributed by atoms with Gasteiger partial charge in [-0.25, -0.2) is 0 Å². The minimum atomic E-state index is 0.757. The summed E-state index contributed by atoms with van der Waals surface area (Å²) in [6.07, 6.45) is 1.27. The van der Waals surface area contributed by atoms with Gasteiger partial charge in [0.2, 0.25) is 0 Å². The smallest absolute Gasteiger partial charge is 0.0325 e. The highest BCUT2D eigenvalue weighted by Gasteiger charge is 2.39. The number of nitrogens with one attached hydrogen (secondary N) is 1. The lowest BCUT2D eigenvalue weighted by molar-refractivity contribution is 0.00234. The lowest BCUT2D eigenvalue weighted by Gasteiger charge is -2.53. The van der Waals surface area contributed by atoms with Crippen molar-refractivity contribution in [1.29, 1.82) is 0 Å². The lowest BCUT2D eigenvalue weighted by atomic mass is 9.92. The van der Waals surface area contributed by atoms with Crippen LogP contribution in [0, 0.1) is 0 Å². The summed E-state index contributed by atoms with van der Waals surface area (Å²) < 4.78 is 0. The van der Waals surface area contributed by atoms with Gasteiger partial charge in [-0.1, -0.05) is 6.92 Å². The molecule has 0 aromatic heterocycles.